The van der Waals surface area contributed by atoms with E-state index in [1.54, 1.807) is 18.2 Å². The van der Waals surface area contributed by atoms with Crippen LogP contribution < -0.4 is 4.74 Å². The van der Waals surface area contributed by atoms with Crippen molar-refractivity contribution in [1.82, 2.24) is 0 Å². The number of hydrogen-bond acceptors (Lipinski definition) is 2. The molecule has 0 fully saturated rings. The summed E-state index contributed by atoms with van der Waals surface area (Å²) in [6, 6.07) is 5.06. The number of rotatable bonds is 3. The molecule has 116 valence electrons. The number of benzene rings is 1. The Balaban J connectivity index is 2.49. The molecular weight excluding hydrogens is 342 g/mol. The van der Waals surface area contributed by atoms with Crippen molar-refractivity contribution >= 4 is 21.5 Å². The van der Waals surface area contributed by atoms with Gasteiger partial charge in [0, 0.05) is 16.5 Å². The van der Waals surface area contributed by atoms with Crippen molar-refractivity contribution in [3.63, 3.8) is 0 Å². The van der Waals surface area contributed by atoms with Crippen molar-refractivity contribution in [2.75, 3.05) is 0 Å². The molecule has 0 aromatic heterocycles. The SMILES string of the molecule is CC1(C)C=C(c2cc(Br)ccc2OC(F)F)CC(C)(C)O1. The van der Waals surface area contributed by atoms with E-state index in [1.165, 1.54) is 0 Å². The van der Waals surface area contributed by atoms with Gasteiger partial charge < -0.3 is 9.47 Å². The summed E-state index contributed by atoms with van der Waals surface area (Å²) in [5, 5.41) is 0. The third-order valence-corrected chi connectivity index (χ3v) is 3.67. The van der Waals surface area contributed by atoms with Crippen molar-refractivity contribution in [3.05, 3.63) is 34.3 Å². The molecule has 0 saturated carbocycles. The molecule has 0 radical (unpaired) electrons. The minimum absolute atomic E-state index is 0.188. The van der Waals surface area contributed by atoms with Crippen molar-refractivity contribution < 1.29 is 18.3 Å². The first kappa shape index (κ1) is 16.4. The standard InChI is InChI=1S/C16H19BrF2O2/c1-15(2)8-10(9-16(3,4)21-15)12-7-11(17)5-6-13(12)20-14(18)19/h5-8,14H,9H2,1-4H3. The summed E-state index contributed by atoms with van der Waals surface area (Å²) < 4.78 is 36.7. The van der Waals surface area contributed by atoms with Crippen LogP contribution in [0.15, 0.2) is 28.7 Å². The Morgan fingerprint density at radius 3 is 2.48 bits per heavy atom. The van der Waals surface area contributed by atoms with E-state index in [0.29, 0.717) is 12.0 Å². The second-order valence-electron chi connectivity index (χ2n) is 6.33. The van der Waals surface area contributed by atoms with Gasteiger partial charge >= 0.3 is 6.61 Å². The molecule has 0 saturated heterocycles. The van der Waals surface area contributed by atoms with Crippen molar-refractivity contribution in [2.45, 2.75) is 51.9 Å². The van der Waals surface area contributed by atoms with Gasteiger partial charge in [-0.1, -0.05) is 15.9 Å². The molecule has 2 rings (SSSR count). The van der Waals surface area contributed by atoms with Crippen LogP contribution in [-0.4, -0.2) is 17.8 Å². The number of halogens is 3. The summed E-state index contributed by atoms with van der Waals surface area (Å²) in [5.41, 5.74) is 0.807. The van der Waals surface area contributed by atoms with Crippen LogP contribution in [0.3, 0.4) is 0 Å². The first-order valence-electron chi connectivity index (χ1n) is 6.75. The van der Waals surface area contributed by atoms with Crippen LogP contribution in [0.5, 0.6) is 5.75 Å². The summed E-state index contributed by atoms with van der Waals surface area (Å²) in [5.74, 6) is 0.188. The molecule has 1 aliphatic rings. The van der Waals surface area contributed by atoms with E-state index < -0.39 is 12.2 Å². The van der Waals surface area contributed by atoms with Gasteiger partial charge in [0.1, 0.15) is 5.75 Å². The number of alkyl halides is 2. The third kappa shape index (κ3) is 4.27. The lowest BCUT2D eigenvalue weighted by Gasteiger charge is -2.40. The average molecular weight is 361 g/mol. The zero-order chi connectivity index (χ0) is 15.8. The highest BCUT2D eigenvalue weighted by Crippen LogP contribution is 2.42. The van der Waals surface area contributed by atoms with Crippen molar-refractivity contribution in [1.29, 1.82) is 0 Å². The van der Waals surface area contributed by atoms with Crippen LogP contribution in [0.4, 0.5) is 8.78 Å². The molecule has 5 heteroatoms. The van der Waals surface area contributed by atoms with Crippen molar-refractivity contribution in [3.8, 4) is 5.75 Å². The smallest absolute Gasteiger partial charge is 0.387 e. The maximum absolute atomic E-state index is 12.6. The Hall–Kier alpha value is -0.940. The molecule has 1 aliphatic heterocycles. The first-order chi connectivity index (χ1) is 9.58. The summed E-state index contributed by atoms with van der Waals surface area (Å²) in [7, 11) is 0. The predicted molar refractivity (Wildman–Crippen MR) is 82.6 cm³/mol. The maximum atomic E-state index is 12.6. The zero-order valence-electron chi connectivity index (χ0n) is 12.5. The summed E-state index contributed by atoms with van der Waals surface area (Å²) in [6.07, 6.45) is 2.60. The molecule has 2 nitrogen and oxygen atoms in total. The van der Waals surface area contributed by atoms with Gasteiger partial charge in [-0.2, -0.15) is 8.78 Å². The zero-order valence-corrected chi connectivity index (χ0v) is 14.1. The third-order valence-electron chi connectivity index (χ3n) is 3.18. The van der Waals surface area contributed by atoms with Crippen LogP contribution in [0.1, 0.15) is 39.7 Å². The fourth-order valence-corrected chi connectivity index (χ4v) is 3.19. The predicted octanol–water partition coefficient (Wildman–Crippen LogP) is 5.41. The molecule has 21 heavy (non-hydrogen) atoms. The molecule has 0 N–H and O–H groups in total. The van der Waals surface area contributed by atoms with Gasteiger partial charge in [0.15, 0.2) is 0 Å². The van der Waals surface area contributed by atoms with Crippen LogP contribution in [0, 0.1) is 0 Å². The Labute approximate surface area is 132 Å². The first-order valence-corrected chi connectivity index (χ1v) is 7.54. The molecule has 0 aliphatic carbocycles. The largest absolute Gasteiger partial charge is 0.434 e. The van der Waals surface area contributed by atoms with Gasteiger partial charge in [0.2, 0.25) is 0 Å². The van der Waals surface area contributed by atoms with Crippen LogP contribution in [0.25, 0.3) is 5.57 Å². The van der Waals surface area contributed by atoms with E-state index in [1.807, 2.05) is 33.8 Å². The Kier molecular flexibility index (Phi) is 4.45. The van der Waals surface area contributed by atoms with Crippen LogP contribution in [-0.2, 0) is 4.74 Å². The molecule has 1 aromatic rings. The number of hydrogen-bond donors (Lipinski definition) is 0. The van der Waals surface area contributed by atoms with E-state index in [-0.39, 0.29) is 11.4 Å². The van der Waals surface area contributed by atoms with E-state index in [9.17, 15) is 8.78 Å². The Morgan fingerprint density at radius 2 is 1.90 bits per heavy atom. The molecular formula is C16H19BrF2O2. The molecule has 0 atom stereocenters. The quantitative estimate of drug-likeness (QED) is 0.717. The average Bonchev–Trinajstić information content (AvgIpc) is 2.26. The van der Waals surface area contributed by atoms with E-state index in [4.69, 9.17) is 4.74 Å². The topological polar surface area (TPSA) is 18.5 Å². The van der Waals surface area contributed by atoms with Gasteiger partial charge in [-0.15, -0.1) is 0 Å². The second-order valence-corrected chi connectivity index (χ2v) is 7.25. The second kappa shape index (κ2) is 5.69. The normalized spacial score (nSPS) is 20.3. The maximum Gasteiger partial charge on any atom is 0.387 e. The molecule has 0 unspecified atom stereocenters. The highest BCUT2D eigenvalue weighted by Gasteiger charge is 2.35. The lowest BCUT2D eigenvalue weighted by molar-refractivity contribution is -0.100. The highest BCUT2D eigenvalue weighted by atomic mass is 79.9. The van der Waals surface area contributed by atoms with Gasteiger partial charge in [0.25, 0.3) is 0 Å². The molecule has 1 aromatic carbocycles. The monoisotopic (exact) mass is 360 g/mol. The molecule has 1 heterocycles. The Bertz CT molecular complexity index is 565. The van der Waals surface area contributed by atoms with Crippen LogP contribution >= 0.6 is 15.9 Å². The lowest BCUT2D eigenvalue weighted by atomic mass is 9.85. The van der Waals surface area contributed by atoms with Gasteiger partial charge in [0.05, 0.1) is 11.2 Å². The molecule has 0 amide bonds. The van der Waals surface area contributed by atoms with Gasteiger partial charge in [-0.3, -0.25) is 0 Å². The Morgan fingerprint density at radius 1 is 1.24 bits per heavy atom. The minimum Gasteiger partial charge on any atom is -0.434 e. The summed E-state index contributed by atoms with van der Waals surface area (Å²) in [4.78, 5) is 0. The fourth-order valence-electron chi connectivity index (χ4n) is 2.83. The summed E-state index contributed by atoms with van der Waals surface area (Å²) in [6.45, 7) is 5.06. The molecule has 0 bridgehead atoms. The van der Waals surface area contributed by atoms with E-state index in [2.05, 4.69) is 20.7 Å². The van der Waals surface area contributed by atoms with Crippen molar-refractivity contribution in [2.24, 2.45) is 0 Å². The lowest BCUT2D eigenvalue weighted by Crippen LogP contribution is -2.39. The fraction of sp³-hybridized carbons (Fsp3) is 0.500. The van der Waals surface area contributed by atoms with Gasteiger partial charge in [-0.25, -0.2) is 0 Å². The minimum atomic E-state index is -2.84. The van der Waals surface area contributed by atoms with E-state index >= 15 is 0 Å². The highest BCUT2D eigenvalue weighted by molar-refractivity contribution is 9.10. The van der Waals surface area contributed by atoms with Crippen LogP contribution in [0.2, 0.25) is 0 Å². The van der Waals surface area contributed by atoms with E-state index in [0.717, 1.165) is 10.0 Å². The molecule has 0 spiro atoms. The number of ether oxygens (including phenoxy) is 2. The van der Waals surface area contributed by atoms with Gasteiger partial charge in [-0.05, 0) is 57.5 Å². The summed E-state index contributed by atoms with van der Waals surface area (Å²) >= 11 is 3.38.